The lowest BCUT2D eigenvalue weighted by atomic mass is 10.1. The first kappa shape index (κ1) is 15.2. The fourth-order valence-electron chi connectivity index (χ4n) is 1.56. The second-order valence-corrected chi connectivity index (χ2v) is 6.93. The molecule has 0 bridgehead atoms. The van der Waals surface area contributed by atoms with Crippen molar-refractivity contribution >= 4 is 80.0 Å². The first-order valence-electron chi connectivity index (χ1n) is 4.92. The lowest BCUT2D eigenvalue weighted by molar-refractivity contribution is 0.0694. The summed E-state index contributed by atoms with van der Waals surface area (Å²) in [6.07, 6.45) is 0.619. The summed E-state index contributed by atoms with van der Waals surface area (Å²) in [5.41, 5.74) is 0.952. The minimum absolute atomic E-state index is 0.219. The number of carboxylic acids is 1. The van der Waals surface area contributed by atoms with Crippen molar-refractivity contribution in [1.82, 2.24) is 0 Å². The van der Waals surface area contributed by atoms with Crippen LogP contribution in [0.25, 0.3) is 11.3 Å². The number of hydrogen-bond donors (Lipinski definition) is 1. The molecular weight excluding hydrogens is 589 g/mol. The molecule has 0 fully saturated rings. The number of aldehydes is 1. The van der Waals surface area contributed by atoms with Gasteiger partial charge in [-0.15, -0.1) is 0 Å². The van der Waals surface area contributed by atoms with E-state index >= 15 is 0 Å². The molecule has 2 rings (SSSR count). The fourth-order valence-corrected chi connectivity index (χ4v) is 5.93. The highest BCUT2D eigenvalue weighted by Crippen LogP contribution is 2.35. The molecule has 19 heavy (non-hydrogen) atoms. The summed E-state index contributed by atoms with van der Waals surface area (Å²) in [5.74, 6) is -0.263. The van der Waals surface area contributed by atoms with Crippen molar-refractivity contribution in [2.24, 2.45) is 0 Å². The summed E-state index contributed by atoms with van der Waals surface area (Å²) in [6, 6.07) is 5.01. The van der Waals surface area contributed by atoms with Crippen molar-refractivity contribution in [3.8, 4) is 11.3 Å². The zero-order valence-electron chi connectivity index (χ0n) is 9.12. The van der Waals surface area contributed by atoms with Gasteiger partial charge in [-0.1, -0.05) is 0 Å². The maximum atomic E-state index is 11.3. The van der Waals surface area contributed by atoms with E-state index in [9.17, 15) is 14.7 Å². The zero-order chi connectivity index (χ0) is 14.2. The summed E-state index contributed by atoms with van der Waals surface area (Å²) >= 11 is 6.12. The first-order valence-corrected chi connectivity index (χ1v) is 8.15. The summed E-state index contributed by atoms with van der Waals surface area (Å²) in [4.78, 5) is 22.0. The van der Waals surface area contributed by atoms with Crippen LogP contribution in [-0.4, -0.2) is 17.4 Å². The molecule has 98 valence electrons. The van der Waals surface area contributed by atoms with Gasteiger partial charge in [-0.25, -0.2) is 4.79 Å². The molecule has 1 aromatic carbocycles. The van der Waals surface area contributed by atoms with Gasteiger partial charge in [0.25, 0.3) is 0 Å². The second kappa shape index (κ2) is 6.08. The molecule has 1 heterocycles. The van der Waals surface area contributed by atoms with E-state index in [-0.39, 0.29) is 11.3 Å². The normalized spacial score (nSPS) is 10.5. The highest BCUT2D eigenvalue weighted by molar-refractivity contribution is 14.1. The third-order valence-electron chi connectivity index (χ3n) is 2.37. The van der Waals surface area contributed by atoms with Crippen LogP contribution in [0.5, 0.6) is 0 Å². The largest absolute Gasteiger partial charge is 0.478 e. The van der Waals surface area contributed by atoms with Gasteiger partial charge in [0.05, 0.1) is 5.56 Å². The third-order valence-corrected chi connectivity index (χ3v) is 5.15. The Kier molecular flexibility index (Phi) is 4.87. The quantitative estimate of drug-likeness (QED) is 0.427. The average molecular weight is 594 g/mol. The predicted octanol–water partition coefficient (Wildman–Crippen LogP) is 4.27. The monoisotopic (exact) mass is 594 g/mol. The first-order chi connectivity index (χ1) is 8.95. The minimum Gasteiger partial charge on any atom is -0.478 e. The highest BCUT2D eigenvalue weighted by Gasteiger charge is 2.21. The van der Waals surface area contributed by atoms with Crippen LogP contribution in [0, 0.1) is 10.7 Å². The molecule has 0 unspecified atom stereocenters. The van der Waals surface area contributed by atoms with Crippen LogP contribution in [0.4, 0.5) is 0 Å². The van der Waals surface area contributed by atoms with Crippen LogP contribution < -0.4 is 0 Å². The van der Waals surface area contributed by atoms with Crippen molar-refractivity contribution in [2.75, 3.05) is 0 Å². The van der Waals surface area contributed by atoms with E-state index in [1.165, 1.54) is 0 Å². The van der Waals surface area contributed by atoms with E-state index in [0.717, 1.165) is 3.57 Å². The van der Waals surface area contributed by atoms with Gasteiger partial charge in [-0.3, -0.25) is 4.79 Å². The Morgan fingerprint density at radius 3 is 2.42 bits per heavy atom. The Labute approximate surface area is 149 Å². The average Bonchev–Trinajstić information content (AvgIpc) is 2.76. The molecule has 1 N–H and O–H groups in total. The molecule has 0 atom stereocenters. The molecule has 2 aromatic rings. The maximum absolute atomic E-state index is 11.3. The summed E-state index contributed by atoms with van der Waals surface area (Å²) in [7, 11) is 0. The molecule has 0 amide bonds. The fraction of sp³-hybridized carbons (Fsp3) is 0. The van der Waals surface area contributed by atoms with Crippen LogP contribution in [0.15, 0.2) is 22.6 Å². The summed E-state index contributed by atoms with van der Waals surface area (Å²) < 4.78 is 7.54. The van der Waals surface area contributed by atoms with Crippen LogP contribution in [0.3, 0.4) is 0 Å². The van der Waals surface area contributed by atoms with Crippen molar-refractivity contribution in [1.29, 1.82) is 0 Å². The minimum atomic E-state index is -0.978. The molecule has 0 aliphatic rings. The number of furan rings is 1. The van der Waals surface area contributed by atoms with Gasteiger partial charge in [-0.2, -0.15) is 0 Å². The number of carboxylic acid groups (broad SMARTS) is 1. The lowest BCUT2D eigenvalue weighted by Gasteiger charge is -2.10. The van der Waals surface area contributed by atoms with Gasteiger partial charge >= 0.3 is 5.97 Å². The molecule has 0 saturated carbocycles. The molecule has 7 heteroatoms. The number of rotatable bonds is 3. The Bertz CT molecular complexity index is 676. The summed E-state index contributed by atoms with van der Waals surface area (Å²) in [6.45, 7) is 0. The number of hydrogen-bond acceptors (Lipinski definition) is 3. The van der Waals surface area contributed by atoms with E-state index < -0.39 is 5.97 Å². The number of benzene rings is 1. The Balaban J connectivity index is 2.72. The molecule has 0 saturated heterocycles. The van der Waals surface area contributed by atoms with E-state index in [2.05, 4.69) is 22.6 Å². The summed E-state index contributed by atoms with van der Waals surface area (Å²) in [5, 5.41) is 9.26. The molecule has 4 nitrogen and oxygen atoms in total. The van der Waals surface area contributed by atoms with Crippen molar-refractivity contribution in [3.63, 3.8) is 0 Å². The highest BCUT2D eigenvalue weighted by atomic mass is 127. The predicted molar refractivity (Wildman–Crippen MR) is 94.6 cm³/mol. The van der Waals surface area contributed by atoms with Crippen LogP contribution >= 0.6 is 67.8 Å². The van der Waals surface area contributed by atoms with Crippen molar-refractivity contribution in [2.45, 2.75) is 0 Å². The smallest absolute Gasteiger partial charge is 0.337 e. The van der Waals surface area contributed by atoms with Gasteiger partial charge in [-0.05, 0) is 86.0 Å². The molecule has 0 aliphatic heterocycles. The standard InChI is InChI=1S/C12H5I3O4/c13-6-3-7(14)10(12(17)18)11(15)9(6)8-2-1-5(4-16)19-8/h1-4H,(H,17,18). The number of carbonyl (C=O) groups excluding carboxylic acids is 1. The van der Waals surface area contributed by atoms with Crippen LogP contribution in [0.1, 0.15) is 20.9 Å². The van der Waals surface area contributed by atoms with Gasteiger partial charge in [0.15, 0.2) is 12.0 Å². The molecule has 0 aliphatic carbocycles. The van der Waals surface area contributed by atoms with E-state index in [0.29, 0.717) is 24.8 Å². The molecular formula is C12H5I3O4. The Morgan fingerprint density at radius 1 is 1.21 bits per heavy atom. The molecule has 1 aromatic heterocycles. The van der Waals surface area contributed by atoms with E-state index in [4.69, 9.17) is 4.42 Å². The Hall–Kier alpha value is -0.170. The molecule has 0 spiro atoms. The zero-order valence-corrected chi connectivity index (χ0v) is 15.6. The Morgan fingerprint density at radius 2 is 1.89 bits per heavy atom. The van der Waals surface area contributed by atoms with Crippen molar-refractivity contribution in [3.05, 3.63) is 40.2 Å². The van der Waals surface area contributed by atoms with Gasteiger partial charge < -0.3 is 9.52 Å². The van der Waals surface area contributed by atoms with E-state index in [1.54, 1.807) is 18.2 Å². The number of carbonyl (C=O) groups is 2. The van der Waals surface area contributed by atoms with Gasteiger partial charge in [0.2, 0.25) is 0 Å². The van der Waals surface area contributed by atoms with E-state index in [1.807, 2.05) is 45.2 Å². The third kappa shape index (κ3) is 2.96. The van der Waals surface area contributed by atoms with Crippen LogP contribution in [0.2, 0.25) is 0 Å². The lowest BCUT2D eigenvalue weighted by Crippen LogP contribution is -2.05. The topological polar surface area (TPSA) is 67.5 Å². The maximum Gasteiger partial charge on any atom is 0.337 e. The van der Waals surface area contributed by atoms with Gasteiger partial charge in [0, 0.05) is 16.3 Å². The van der Waals surface area contributed by atoms with Gasteiger partial charge in [0.1, 0.15) is 5.76 Å². The number of halogens is 3. The SMILES string of the molecule is O=Cc1ccc(-c2c(I)cc(I)c(C(=O)O)c2I)o1. The van der Waals surface area contributed by atoms with Crippen LogP contribution in [-0.2, 0) is 0 Å². The number of aromatic carboxylic acids is 1. The second-order valence-electron chi connectivity index (χ2n) is 3.53. The molecule has 0 radical (unpaired) electrons. The van der Waals surface area contributed by atoms with Crippen molar-refractivity contribution < 1.29 is 19.1 Å².